The molecule has 0 saturated heterocycles. The van der Waals surface area contributed by atoms with Crippen molar-refractivity contribution >= 4 is 17.2 Å². The maximum Gasteiger partial charge on any atom is 0.223 e. The van der Waals surface area contributed by atoms with Gasteiger partial charge in [-0.15, -0.1) is 11.3 Å². The average molecular weight is 255 g/mol. The van der Waals surface area contributed by atoms with Gasteiger partial charge in [0.1, 0.15) is 0 Å². The van der Waals surface area contributed by atoms with Crippen molar-refractivity contribution in [1.29, 1.82) is 0 Å². The van der Waals surface area contributed by atoms with Crippen LogP contribution in [0.2, 0.25) is 0 Å². The normalized spacial score (nSPS) is 14.3. The largest absolute Gasteiger partial charge is 0.393 e. The van der Waals surface area contributed by atoms with Crippen LogP contribution >= 0.6 is 11.3 Å². The number of thiophene rings is 1. The number of rotatable bonds is 7. The second kappa shape index (κ2) is 7.45. The number of carbonyl (C=O) groups is 1. The van der Waals surface area contributed by atoms with Crippen molar-refractivity contribution < 1.29 is 9.90 Å². The predicted molar refractivity (Wildman–Crippen MR) is 71.1 cm³/mol. The number of aliphatic hydroxyl groups excluding tert-OH is 1. The van der Waals surface area contributed by atoms with Gasteiger partial charge >= 0.3 is 0 Å². The van der Waals surface area contributed by atoms with Crippen molar-refractivity contribution in [3.63, 3.8) is 0 Å². The fourth-order valence-electron chi connectivity index (χ4n) is 1.56. The minimum absolute atomic E-state index is 0.00702. The molecule has 0 spiro atoms. The van der Waals surface area contributed by atoms with Crippen LogP contribution in [0.15, 0.2) is 17.5 Å². The Labute approximate surface area is 107 Å². The Hall–Kier alpha value is -0.870. The van der Waals surface area contributed by atoms with E-state index in [0.29, 0.717) is 13.0 Å². The lowest BCUT2D eigenvalue weighted by Gasteiger charge is -2.12. The van der Waals surface area contributed by atoms with E-state index >= 15 is 0 Å². The molecule has 1 rings (SSSR count). The van der Waals surface area contributed by atoms with E-state index in [1.807, 2.05) is 25.3 Å². The van der Waals surface area contributed by atoms with Crippen molar-refractivity contribution in [2.24, 2.45) is 5.92 Å². The molecule has 2 N–H and O–H groups in total. The summed E-state index contributed by atoms with van der Waals surface area (Å²) >= 11 is 1.68. The lowest BCUT2D eigenvalue weighted by molar-refractivity contribution is -0.124. The summed E-state index contributed by atoms with van der Waals surface area (Å²) in [6.07, 6.45) is 1.86. The van der Waals surface area contributed by atoms with Crippen molar-refractivity contribution in [3.8, 4) is 0 Å². The summed E-state index contributed by atoms with van der Waals surface area (Å²) in [6, 6.07) is 4.05. The van der Waals surface area contributed by atoms with Gasteiger partial charge in [0, 0.05) is 17.3 Å². The number of hydrogen-bond donors (Lipinski definition) is 2. The zero-order chi connectivity index (χ0) is 12.7. The van der Waals surface area contributed by atoms with Gasteiger partial charge in [0.2, 0.25) is 5.91 Å². The minimum Gasteiger partial charge on any atom is -0.393 e. The van der Waals surface area contributed by atoms with E-state index in [2.05, 4.69) is 11.4 Å². The van der Waals surface area contributed by atoms with Crippen LogP contribution in [0.5, 0.6) is 0 Å². The molecule has 0 aliphatic rings. The zero-order valence-corrected chi connectivity index (χ0v) is 11.3. The van der Waals surface area contributed by atoms with Gasteiger partial charge in [0.15, 0.2) is 0 Å². The highest BCUT2D eigenvalue weighted by molar-refractivity contribution is 7.09. The number of hydrogen-bond acceptors (Lipinski definition) is 3. The third kappa shape index (κ3) is 5.33. The molecule has 0 aliphatic carbocycles. The number of aliphatic hydroxyl groups is 1. The first-order chi connectivity index (χ1) is 8.13. The first-order valence-electron chi connectivity index (χ1n) is 6.11. The average Bonchev–Trinajstić information content (AvgIpc) is 2.81. The van der Waals surface area contributed by atoms with Crippen molar-refractivity contribution in [2.75, 3.05) is 6.54 Å². The van der Waals surface area contributed by atoms with Crippen LogP contribution in [0.4, 0.5) is 0 Å². The molecule has 0 radical (unpaired) electrons. The fourth-order valence-corrected chi connectivity index (χ4v) is 2.40. The van der Waals surface area contributed by atoms with Crippen LogP contribution in [0.3, 0.4) is 0 Å². The van der Waals surface area contributed by atoms with Gasteiger partial charge in [-0.2, -0.15) is 0 Å². The Balaban J connectivity index is 2.23. The summed E-state index contributed by atoms with van der Waals surface area (Å²) in [5, 5.41) is 14.3. The Morgan fingerprint density at radius 2 is 2.35 bits per heavy atom. The zero-order valence-electron chi connectivity index (χ0n) is 10.5. The molecule has 2 atom stereocenters. The monoisotopic (exact) mass is 255 g/mol. The third-order valence-electron chi connectivity index (χ3n) is 2.78. The van der Waals surface area contributed by atoms with E-state index in [1.165, 1.54) is 4.88 Å². The summed E-state index contributed by atoms with van der Waals surface area (Å²) in [6.45, 7) is 4.43. The Morgan fingerprint density at radius 1 is 1.59 bits per heavy atom. The standard InChI is InChI=1S/C13H21NO2S/c1-3-11(15)6-7-14-13(16)10(2)9-12-5-4-8-17-12/h4-5,8,10-11,15H,3,6-7,9H2,1-2H3,(H,14,16). The van der Waals surface area contributed by atoms with E-state index in [4.69, 9.17) is 0 Å². The quantitative estimate of drug-likeness (QED) is 0.785. The summed E-state index contributed by atoms with van der Waals surface area (Å²) in [7, 11) is 0. The topological polar surface area (TPSA) is 49.3 Å². The number of nitrogens with one attached hydrogen (secondary N) is 1. The highest BCUT2D eigenvalue weighted by atomic mass is 32.1. The van der Waals surface area contributed by atoms with Gasteiger partial charge in [-0.25, -0.2) is 0 Å². The predicted octanol–water partition coefficient (Wildman–Crippen LogP) is 2.20. The van der Waals surface area contributed by atoms with Gasteiger partial charge in [0.25, 0.3) is 0 Å². The highest BCUT2D eigenvalue weighted by Gasteiger charge is 2.13. The van der Waals surface area contributed by atoms with Crippen molar-refractivity contribution in [1.82, 2.24) is 5.32 Å². The Morgan fingerprint density at radius 3 is 2.94 bits per heavy atom. The Bertz CT molecular complexity index is 324. The first kappa shape index (κ1) is 14.2. The lowest BCUT2D eigenvalue weighted by Crippen LogP contribution is -2.32. The molecule has 1 amide bonds. The van der Waals surface area contributed by atoms with Crippen LogP contribution in [0.25, 0.3) is 0 Å². The highest BCUT2D eigenvalue weighted by Crippen LogP contribution is 2.14. The SMILES string of the molecule is CCC(O)CCNC(=O)C(C)Cc1cccs1. The van der Waals surface area contributed by atoms with E-state index in [1.54, 1.807) is 11.3 Å². The van der Waals surface area contributed by atoms with Crippen molar-refractivity contribution in [3.05, 3.63) is 22.4 Å². The van der Waals surface area contributed by atoms with E-state index in [-0.39, 0.29) is 17.9 Å². The third-order valence-corrected chi connectivity index (χ3v) is 3.68. The summed E-state index contributed by atoms with van der Waals surface area (Å²) in [5.74, 6) is 0.0640. The molecule has 0 aromatic carbocycles. The van der Waals surface area contributed by atoms with Gasteiger partial charge in [-0.3, -0.25) is 4.79 Å². The van der Waals surface area contributed by atoms with Crippen LogP contribution < -0.4 is 5.32 Å². The molecule has 0 saturated carbocycles. The molecular weight excluding hydrogens is 234 g/mol. The molecule has 96 valence electrons. The molecule has 0 fully saturated rings. The smallest absolute Gasteiger partial charge is 0.223 e. The van der Waals surface area contributed by atoms with Gasteiger partial charge in [-0.1, -0.05) is 19.9 Å². The second-order valence-electron chi connectivity index (χ2n) is 4.33. The van der Waals surface area contributed by atoms with Gasteiger partial charge in [-0.05, 0) is 30.7 Å². The number of carbonyl (C=O) groups excluding carboxylic acids is 1. The first-order valence-corrected chi connectivity index (χ1v) is 6.99. The van der Waals surface area contributed by atoms with Gasteiger partial charge < -0.3 is 10.4 Å². The molecule has 1 heterocycles. The fraction of sp³-hybridized carbons (Fsp3) is 0.615. The van der Waals surface area contributed by atoms with Crippen LogP contribution in [-0.4, -0.2) is 23.7 Å². The molecule has 2 unspecified atom stereocenters. The molecule has 17 heavy (non-hydrogen) atoms. The van der Waals surface area contributed by atoms with E-state index < -0.39 is 0 Å². The Kier molecular flexibility index (Phi) is 6.22. The van der Waals surface area contributed by atoms with E-state index in [9.17, 15) is 9.90 Å². The number of amides is 1. The maximum absolute atomic E-state index is 11.8. The summed E-state index contributed by atoms with van der Waals surface area (Å²) in [5.41, 5.74) is 0. The lowest BCUT2D eigenvalue weighted by atomic mass is 10.1. The minimum atomic E-state index is -0.303. The molecule has 1 aromatic rings. The van der Waals surface area contributed by atoms with E-state index in [0.717, 1.165) is 12.8 Å². The maximum atomic E-state index is 11.8. The van der Waals surface area contributed by atoms with Crippen LogP contribution in [-0.2, 0) is 11.2 Å². The summed E-state index contributed by atoms with van der Waals surface area (Å²) in [4.78, 5) is 13.0. The molecule has 1 aromatic heterocycles. The molecule has 0 aliphatic heterocycles. The van der Waals surface area contributed by atoms with Crippen molar-refractivity contribution in [2.45, 2.75) is 39.2 Å². The van der Waals surface area contributed by atoms with Crippen LogP contribution in [0, 0.1) is 5.92 Å². The molecular formula is C13H21NO2S. The molecule has 3 nitrogen and oxygen atoms in total. The van der Waals surface area contributed by atoms with Gasteiger partial charge in [0.05, 0.1) is 6.10 Å². The molecule has 4 heteroatoms. The second-order valence-corrected chi connectivity index (χ2v) is 5.36. The van der Waals surface area contributed by atoms with Crippen LogP contribution in [0.1, 0.15) is 31.6 Å². The molecule has 0 bridgehead atoms. The summed E-state index contributed by atoms with van der Waals surface area (Å²) < 4.78 is 0.